The number of ether oxygens (including phenoxy) is 2. The van der Waals surface area contributed by atoms with Crippen molar-refractivity contribution >= 4 is 23.2 Å². The van der Waals surface area contributed by atoms with Crippen LogP contribution in [0, 0.1) is 0 Å². The van der Waals surface area contributed by atoms with Gasteiger partial charge in [-0.25, -0.2) is 9.59 Å². The summed E-state index contributed by atoms with van der Waals surface area (Å²) < 4.78 is 17.7. The molecule has 0 atom stereocenters. The van der Waals surface area contributed by atoms with Crippen LogP contribution in [-0.2, 0) is 0 Å². The van der Waals surface area contributed by atoms with Gasteiger partial charge in [0.15, 0.2) is 16.8 Å². The maximum absolute atomic E-state index is 13.1. The van der Waals surface area contributed by atoms with E-state index >= 15 is 0 Å². The van der Waals surface area contributed by atoms with Gasteiger partial charge in [0.25, 0.3) is 0 Å². The number of carbonyl (C=O) groups is 2. The first-order valence-electron chi connectivity index (χ1n) is 12.4. The third kappa shape index (κ3) is 5.45. The topological polar surface area (TPSA) is 95.8 Å². The van der Waals surface area contributed by atoms with E-state index < -0.39 is 12.2 Å². The molecule has 0 unspecified atom stereocenters. The van der Waals surface area contributed by atoms with E-state index in [-0.39, 0.29) is 27.9 Å². The molecule has 1 aromatic heterocycles. The van der Waals surface area contributed by atoms with Gasteiger partial charge in [0.1, 0.15) is 5.76 Å². The van der Waals surface area contributed by atoms with Gasteiger partial charge in [0, 0.05) is 64.0 Å². The number of nitrogens with zero attached hydrogens (tertiary/aromatic N) is 4. The van der Waals surface area contributed by atoms with E-state index in [0.29, 0.717) is 50.6 Å². The molecule has 37 heavy (non-hydrogen) atoms. The number of hydrogen-bond acceptors (Lipinski definition) is 8. The average molecular weight is 507 g/mol. The monoisotopic (exact) mass is 506 g/mol. The molecule has 2 saturated heterocycles. The van der Waals surface area contributed by atoms with Gasteiger partial charge in [0.05, 0.1) is 5.39 Å². The zero-order valence-electron chi connectivity index (χ0n) is 21.0. The fraction of sp³-hybridized carbons (Fsp3) is 0.370. The summed E-state index contributed by atoms with van der Waals surface area (Å²) in [4.78, 5) is 46.6. The summed E-state index contributed by atoms with van der Waals surface area (Å²) in [5, 5.41) is 0.222. The molecule has 0 saturated carbocycles. The average Bonchev–Trinajstić information content (AvgIpc) is 2.91. The van der Waals surface area contributed by atoms with E-state index in [1.807, 2.05) is 44.4 Å². The van der Waals surface area contributed by atoms with Crippen LogP contribution in [-0.4, -0.2) is 98.2 Å². The lowest BCUT2D eigenvalue weighted by Gasteiger charge is -2.32. The van der Waals surface area contributed by atoms with Gasteiger partial charge >= 0.3 is 12.2 Å². The molecular weight excluding hydrogens is 476 g/mol. The minimum Gasteiger partial charge on any atom is -0.452 e. The quantitative estimate of drug-likeness (QED) is 0.535. The van der Waals surface area contributed by atoms with Crippen LogP contribution in [0.4, 0.5) is 9.59 Å². The van der Waals surface area contributed by atoms with Crippen LogP contribution in [0.1, 0.15) is 0 Å². The summed E-state index contributed by atoms with van der Waals surface area (Å²) >= 11 is 0. The molecule has 194 valence electrons. The first-order chi connectivity index (χ1) is 17.9. The highest BCUT2D eigenvalue weighted by atomic mass is 16.6. The number of likely N-dealkylation sites (N-methyl/N-ethyl adjacent to an activating group) is 2. The number of hydrogen-bond donors (Lipinski definition) is 0. The maximum Gasteiger partial charge on any atom is 0.415 e. The lowest BCUT2D eigenvalue weighted by Crippen LogP contribution is -2.48. The molecule has 2 fully saturated rings. The Morgan fingerprint density at radius 3 is 1.92 bits per heavy atom. The van der Waals surface area contributed by atoms with E-state index in [1.54, 1.807) is 9.80 Å². The summed E-state index contributed by atoms with van der Waals surface area (Å²) in [7, 11) is 3.98. The Kier molecular flexibility index (Phi) is 7.11. The molecule has 3 aromatic rings. The van der Waals surface area contributed by atoms with Crippen molar-refractivity contribution in [1.29, 1.82) is 0 Å². The standard InChI is InChI=1S/C27H30N4O6/c1-28-10-14-30(15-11-28)26(33)36-22-9-8-20-21(32)18-23(19-6-4-3-5-7-19)35-24(20)25(22)37-27(34)31-16-12-29(2)13-17-31/h3-9,18H,10-17H2,1-2H3. The first kappa shape index (κ1) is 24.8. The van der Waals surface area contributed by atoms with Crippen LogP contribution in [0.2, 0.25) is 0 Å². The second-order valence-corrected chi connectivity index (χ2v) is 9.43. The van der Waals surface area contributed by atoms with Gasteiger partial charge in [-0.3, -0.25) is 4.79 Å². The minimum atomic E-state index is -0.592. The molecule has 0 bridgehead atoms. The van der Waals surface area contributed by atoms with Crippen molar-refractivity contribution in [3.63, 3.8) is 0 Å². The largest absolute Gasteiger partial charge is 0.452 e. The number of benzene rings is 2. The molecule has 0 N–H and O–H groups in total. The van der Waals surface area contributed by atoms with Gasteiger partial charge in [-0.1, -0.05) is 30.3 Å². The molecule has 2 aliphatic heterocycles. The zero-order chi connectivity index (χ0) is 25.9. The fourth-order valence-corrected chi connectivity index (χ4v) is 4.39. The molecule has 10 nitrogen and oxygen atoms in total. The molecule has 10 heteroatoms. The van der Waals surface area contributed by atoms with E-state index in [4.69, 9.17) is 13.9 Å². The highest BCUT2D eigenvalue weighted by Gasteiger charge is 2.28. The van der Waals surface area contributed by atoms with Crippen LogP contribution in [0.15, 0.2) is 57.7 Å². The van der Waals surface area contributed by atoms with Crippen LogP contribution >= 0.6 is 0 Å². The zero-order valence-corrected chi connectivity index (χ0v) is 21.0. The number of amides is 2. The van der Waals surface area contributed by atoms with E-state index in [2.05, 4.69) is 9.80 Å². The Morgan fingerprint density at radius 2 is 1.32 bits per heavy atom. The SMILES string of the molecule is CN1CCN(C(=O)Oc2ccc3c(=O)cc(-c4ccccc4)oc3c2OC(=O)N2CCN(C)CC2)CC1. The van der Waals surface area contributed by atoms with Crippen LogP contribution < -0.4 is 14.9 Å². The van der Waals surface area contributed by atoms with Crippen LogP contribution in [0.25, 0.3) is 22.3 Å². The van der Waals surface area contributed by atoms with Gasteiger partial charge in [-0.15, -0.1) is 0 Å². The molecular formula is C27H30N4O6. The van der Waals surface area contributed by atoms with Crippen molar-refractivity contribution in [2.45, 2.75) is 0 Å². The summed E-state index contributed by atoms with van der Waals surface area (Å²) in [5.41, 5.74) is 0.448. The predicted octanol–water partition coefficient (Wildman–Crippen LogP) is 2.95. The number of piperazine rings is 2. The van der Waals surface area contributed by atoms with Gasteiger partial charge in [-0.2, -0.15) is 0 Å². The van der Waals surface area contributed by atoms with Crippen LogP contribution in [0.3, 0.4) is 0 Å². The van der Waals surface area contributed by atoms with Crippen molar-refractivity contribution in [3.8, 4) is 22.8 Å². The highest BCUT2D eigenvalue weighted by Crippen LogP contribution is 2.37. The van der Waals surface area contributed by atoms with Gasteiger partial charge in [0.2, 0.25) is 5.75 Å². The number of carbonyl (C=O) groups excluding carboxylic acids is 2. The third-order valence-corrected chi connectivity index (χ3v) is 6.78. The molecule has 0 spiro atoms. The lowest BCUT2D eigenvalue weighted by atomic mass is 10.1. The van der Waals surface area contributed by atoms with E-state index in [9.17, 15) is 14.4 Å². The molecule has 5 rings (SSSR count). The lowest BCUT2D eigenvalue weighted by molar-refractivity contribution is 0.113. The summed E-state index contributed by atoms with van der Waals surface area (Å²) in [6.07, 6.45) is -1.14. The van der Waals surface area contributed by atoms with E-state index in [0.717, 1.165) is 13.1 Å². The van der Waals surface area contributed by atoms with Crippen molar-refractivity contribution in [1.82, 2.24) is 19.6 Å². The molecule has 0 radical (unpaired) electrons. The van der Waals surface area contributed by atoms with Crippen LogP contribution in [0.5, 0.6) is 11.5 Å². The Morgan fingerprint density at radius 1 is 0.757 bits per heavy atom. The van der Waals surface area contributed by atoms with Crippen molar-refractivity contribution in [3.05, 3.63) is 58.8 Å². The molecule has 2 amide bonds. The normalized spacial score (nSPS) is 17.1. The number of rotatable bonds is 3. The molecule has 2 aliphatic rings. The Balaban J connectivity index is 1.54. The van der Waals surface area contributed by atoms with Gasteiger partial charge < -0.3 is 33.5 Å². The molecule has 0 aliphatic carbocycles. The Hall–Kier alpha value is -3.89. The maximum atomic E-state index is 13.1. The summed E-state index contributed by atoms with van der Waals surface area (Å²) in [6, 6.07) is 13.6. The highest BCUT2D eigenvalue weighted by molar-refractivity contribution is 5.90. The smallest absolute Gasteiger partial charge is 0.415 e. The minimum absolute atomic E-state index is 0.0206. The Bertz CT molecular complexity index is 1340. The van der Waals surface area contributed by atoms with Crippen molar-refractivity contribution in [2.75, 3.05) is 66.5 Å². The Labute approximate surface area is 214 Å². The third-order valence-electron chi connectivity index (χ3n) is 6.78. The molecule has 2 aromatic carbocycles. The number of fused-ring (bicyclic) bond motifs is 1. The van der Waals surface area contributed by atoms with Crippen molar-refractivity contribution < 1.29 is 23.5 Å². The predicted molar refractivity (Wildman–Crippen MR) is 138 cm³/mol. The summed E-state index contributed by atoms with van der Waals surface area (Å²) in [6.45, 7) is 4.91. The van der Waals surface area contributed by atoms with E-state index in [1.165, 1.54) is 18.2 Å². The first-order valence-corrected chi connectivity index (χ1v) is 12.4. The van der Waals surface area contributed by atoms with Crippen molar-refractivity contribution in [2.24, 2.45) is 0 Å². The van der Waals surface area contributed by atoms with Gasteiger partial charge in [-0.05, 0) is 26.2 Å². The summed E-state index contributed by atoms with van der Waals surface area (Å²) in [5.74, 6) is 0.253. The fourth-order valence-electron chi connectivity index (χ4n) is 4.39. The molecule has 3 heterocycles. The second-order valence-electron chi connectivity index (χ2n) is 9.43. The second kappa shape index (κ2) is 10.6.